The van der Waals surface area contributed by atoms with E-state index in [-0.39, 0.29) is 22.8 Å². The second-order valence-corrected chi connectivity index (χ2v) is 8.37. The lowest BCUT2D eigenvalue weighted by molar-refractivity contribution is 0.298. The van der Waals surface area contributed by atoms with Gasteiger partial charge in [0, 0.05) is 11.1 Å². The van der Waals surface area contributed by atoms with Crippen molar-refractivity contribution in [3.05, 3.63) is 65.4 Å². The van der Waals surface area contributed by atoms with Crippen LogP contribution in [0.3, 0.4) is 0 Å². The summed E-state index contributed by atoms with van der Waals surface area (Å²) in [7, 11) is 0. The van der Waals surface area contributed by atoms with E-state index in [4.69, 9.17) is 4.74 Å². The molecule has 0 N–H and O–H groups in total. The lowest BCUT2D eigenvalue weighted by atomic mass is 9.76. The molecule has 2 aromatic carbocycles. The average Bonchev–Trinajstić information content (AvgIpc) is 2.78. The van der Waals surface area contributed by atoms with Crippen LogP contribution in [0.4, 0.5) is 17.6 Å². The molecule has 0 spiro atoms. The Labute approximate surface area is 182 Å². The standard InChI is InChI=1S/C26H30F4O/c1-3-5-6-7-17-8-10-18(11-9-17)19-12-13-20(24(28)23(19)27)21-14-15-22(31-16-4-2)26(30)25(21)29/h4,12-18H,3,5-11H2,1-2H3. The molecule has 1 aliphatic carbocycles. The summed E-state index contributed by atoms with van der Waals surface area (Å²) in [5, 5.41) is 0. The number of halogens is 4. The normalized spacial score (nSPS) is 19.2. The second-order valence-electron chi connectivity index (χ2n) is 8.37. The van der Waals surface area contributed by atoms with E-state index in [0.29, 0.717) is 11.5 Å². The van der Waals surface area contributed by atoms with Gasteiger partial charge in [0.15, 0.2) is 23.2 Å². The van der Waals surface area contributed by atoms with Crippen molar-refractivity contribution in [2.45, 2.75) is 71.1 Å². The fourth-order valence-electron chi connectivity index (χ4n) is 4.50. The Balaban J connectivity index is 1.78. The molecular weight excluding hydrogens is 404 g/mol. The van der Waals surface area contributed by atoms with Crippen molar-refractivity contribution in [3.8, 4) is 16.9 Å². The smallest absolute Gasteiger partial charge is 0.201 e. The van der Waals surface area contributed by atoms with Gasteiger partial charge in [-0.2, -0.15) is 4.39 Å². The highest BCUT2D eigenvalue weighted by molar-refractivity contribution is 5.66. The molecular formula is C26H30F4O. The molecule has 0 aromatic heterocycles. The number of benzene rings is 2. The van der Waals surface area contributed by atoms with Gasteiger partial charge in [-0.1, -0.05) is 50.8 Å². The predicted molar refractivity (Wildman–Crippen MR) is 116 cm³/mol. The average molecular weight is 435 g/mol. The van der Waals surface area contributed by atoms with E-state index in [1.54, 1.807) is 6.92 Å². The SMILES string of the molecule is CC=COc1ccc(-c2ccc(C3CCC(CCCCC)CC3)c(F)c2F)c(F)c1F. The van der Waals surface area contributed by atoms with E-state index >= 15 is 0 Å². The molecule has 0 unspecified atom stereocenters. The first-order valence-corrected chi connectivity index (χ1v) is 11.2. The molecule has 0 bridgehead atoms. The van der Waals surface area contributed by atoms with Crippen molar-refractivity contribution >= 4 is 0 Å². The van der Waals surface area contributed by atoms with E-state index in [2.05, 4.69) is 6.92 Å². The van der Waals surface area contributed by atoms with Crippen molar-refractivity contribution < 1.29 is 22.3 Å². The van der Waals surface area contributed by atoms with Gasteiger partial charge in [0.05, 0.1) is 6.26 Å². The molecule has 1 aliphatic rings. The van der Waals surface area contributed by atoms with Gasteiger partial charge in [-0.05, 0) is 62.1 Å². The zero-order valence-electron chi connectivity index (χ0n) is 18.2. The van der Waals surface area contributed by atoms with Gasteiger partial charge in [0.2, 0.25) is 5.82 Å². The largest absolute Gasteiger partial charge is 0.462 e. The summed E-state index contributed by atoms with van der Waals surface area (Å²) < 4.78 is 63.6. The lowest BCUT2D eigenvalue weighted by Gasteiger charge is -2.29. The highest BCUT2D eigenvalue weighted by Gasteiger charge is 2.27. The Hall–Kier alpha value is -2.30. The first kappa shape index (κ1) is 23.4. The van der Waals surface area contributed by atoms with Crippen LogP contribution in [0.25, 0.3) is 11.1 Å². The van der Waals surface area contributed by atoms with E-state index in [9.17, 15) is 17.6 Å². The van der Waals surface area contributed by atoms with Gasteiger partial charge in [-0.3, -0.25) is 0 Å². The number of hydrogen-bond donors (Lipinski definition) is 0. The molecule has 168 valence electrons. The van der Waals surface area contributed by atoms with E-state index in [1.165, 1.54) is 62.3 Å². The molecule has 2 aromatic rings. The maximum atomic E-state index is 14.9. The molecule has 1 fully saturated rings. The van der Waals surface area contributed by atoms with Gasteiger partial charge in [-0.15, -0.1) is 0 Å². The third-order valence-corrected chi connectivity index (χ3v) is 6.28. The lowest BCUT2D eigenvalue weighted by Crippen LogP contribution is -2.15. The van der Waals surface area contributed by atoms with E-state index in [1.807, 2.05) is 0 Å². The monoisotopic (exact) mass is 434 g/mol. The first-order valence-electron chi connectivity index (χ1n) is 11.2. The Bertz CT molecular complexity index is 914. The van der Waals surface area contributed by atoms with Crippen molar-refractivity contribution in [2.24, 2.45) is 5.92 Å². The van der Waals surface area contributed by atoms with Crippen molar-refractivity contribution in [1.29, 1.82) is 0 Å². The van der Waals surface area contributed by atoms with Gasteiger partial charge in [0.25, 0.3) is 0 Å². The Morgan fingerprint density at radius 1 is 0.839 bits per heavy atom. The maximum Gasteiger partial charge on any atom is 0.201 e. The fourth-order valence-corrected chi connectivity index (χ4v) is 4.50. The summed E-state index contributed by atoms with van der Waals surface area (Å²) in [5.74, 6) is -4.28. The molecule has 31 heavy (non-hydrogen) atoms. The molecule has 5 heteroatoms. The number of rotatable bonds is 8. The summed E-state index contributed by atoms with van der Waals surface area (Å²) in [6.07, 6.45) is 11.3. The van der Waals surface area contributed by atoms with Gasteiger partial charge in [0.1, 0.15) is 0 Å². The zero-order chi connectivity index (χ0) is 22.4. The van der Waals surface area contributed by atoms with Crippen LogP contribution in [-0.2, 0) is 0 Å². The Morgan fingerprint density at radius 3 is 2.13 bits per heavy atom. The van der Waals surface area contributed by atoms with Crippen molar-refractivity contribution in [1.82, 2.24) is 0 Å². The molecule has 1 saturated carbocycles. The maximum absolute atomic E-state index is 14.9. The van der Waals surface area contributed by atoms with Crippen LogP contribution < -0.4 is 4.74 Å². The summed E-state index contributed by atoms with van der Waals surface area (Å²) >= 11 is 0. The fraction of sp³-hybridized carbons (Fsp3) is 0.462. The van der Waals surface area contributed by atoms with Crippen molar-refractivity contribution in [2.75, 3.05) is 0 Å². The van der Waals surface area contributed by atoms with E-state index < -0.39 is 23.3 Å². The topological polar surface area (TPSA) is 9.23 Å². The Kier molecular flexibility index (Phi) is 8.16. The highest BCUT2D eigenvalue weighted by atomic mass is 19.2. The summed E-state index contributed by atoms with van der Waals surface area (Å²) in [6, 6.07) is 5.29. The minimum Gasteiger partial charge on any atom is -0.462 e. The number of unbranched alkanes of at least 4 members (excludes halogenated alkanes) is 2. The van der Waals surface area contributed by atoms with Crippen LogP contribution in [0, 0.1) is 29.2 Å². The number of ether oxygens (including phenoxy) is 1. The summed E-state index contributed by atoms with van der Waals surface area (Å²) in [5.41, 5.74) is -0.279. The third-order valence-electron chi connectivity index (χ3n) is 6.28. The molecule has 0 heterocycles. The zero-order valence-corrected chi connectivity index (χ0v) is 18.2. The van der Waals surface area contributed by atoms with Crippen LogP contribution in [0.5, 0.6) is 5.75 Å². The first-order chi connectivity index (χ1) is 15.0. The van der Waals surface area contributed by atoms with Crippen molar-refractivity contribution in [3.63, 3.8) is 0 Å². The quantitative estimate of drug-likeness (QED) is 0.229. The molecule has 1 nitrogen and oxygen atoms in total. The highest BCUT2D eigenvalue weighted by Crippen LogP contribution is 2.41. The predicted octanol–water partition coefficient (Wildman–Crippen LogP) is 8.68. The molecule has 0 atom stereocenters. The summed E-state index contributed by atoms with van der Waals surface area (Å²) in [4.78, 5) is 0. The molecule has 3 rings (SSSR count). The van der Waals surface area contributed by atoms with Crippen LogP contribution in [0.1, 0.15) is 76.7 Å². The minimum absolute atomic E-state index is 0.0378. The molecule has 0 aliphatic heterocycles. The van der Waals surface area contributed by atoms with E-state index in [0.717, 1.165) is 25.7 Å². The third kappa shape index (κ3) is 5.31. The molecule has 0 amide bonds. The number of hydrogen-bond acceptors (Lipinski definition) is 1. The second kappa shape index (κ2) is 10.8. The van der Waals surface area contributed by atoms with Crippen LogP contribution in [0.15, 0.2) is 36.6 Å². The minimum atomic E-state index is -1.26. The summed E-state index contributed by atoms with van der Waals surface area (Å²) in [6.45, 7) is 3.85. The Morgan fingerprint density at radius 2 is 1.48 bits per heavy atom. The molecule has 0 saturated heterocycles. The van der Waals surface area contributed by atoms with Crippen LogP contribution in [0.2, 0.25) is 0 Å². The van der Waals surface area contributed by atoms with Crippen LogP contribution in [-0.4, -0.2) is 0 Å². The van der Waals surface area contributed by atoms with Crippen LogP contribution >= 0.6 is 0 Å². The van der Waals surface area contributed by atoms with Gasteiger partial charge >= 0.3 is 0 Å². The van der Waals surface area contributed by atoms with Gasteiger partial charge < -0.3 is 4.74 Å². The van der Waals surface area contributed by atoms with Gasteiger partial charge in [-0.25, -0.2) is 13.2 Å². The number of allylic oxidation sites excluding steroid dienone is 1. The molecule has 0 radical (unpaired) electrons.